The molecule has 20 heavy (non-hydrogen) atoms. The minimum atomic E-state index is -2.97. The fourth-order valence-electron chi connectivity index (χ4n) is 2.54. The first-order valence-electron chi connectivity index (χ1n) is 6.65. The van der Waals surface area contributed by atoms with Gasteiger partial charge in [-0.25, -0.2) is 8.42 Å². The number of likely N-dealkylation sites (N-methyl/N-ethyl adjacent to an activating group) is 1. The molecule has 0 bridgehead atoms. The molecular formula is C14H18ClNO3S. The van der Waals surface area contributed by atoms with E-state index in [2.05, 4.69) is 0 Å². The second-order valence-electron chi connectivity index (χ2n) is 5.04. The quantitative estimate of drug-likeness (QED) is 0.853. The molecule has 2 rings (SSSR count). The maximum absolute atomic E-state index is 12.3. The van der Waals surface area contributed by atoms with Crippen molar-refractivity contribution in [3.8, 4) is 0 Å². The van der Waals surface area contributed by atoms with E-state index in [4.69, 9.17) is 11.6 Å². The average molecular weight is 316 g/mol. The van der Waals surface area contributed by atoms with Gasteiger partial charge in [-0.1, -0.05) is 23.7 Å². The summed E-state index contributed by atoms with van der Waals surface area (Å²) in [7, 11) is -2.97. The molecule has 1 amide bonds. The predicted octanol–water partition coefficient (Wildman–Crippen LogP) is 1.92. The van der Waals surface area contributed by atoms with Crippen LogP contribution in [-0.4, -0.2) is 43.3 Å². The number of halogens is 1. The predicted molar refractivity (Wildman–Crippen MR) is 79.6 cm³/mol. The van der Waals surface area contributed by atoms with Gasteiger partial charge in [0.25, 0.3) is 0 Å². The van der Waals surface area contributed by atoms with Crippen LogP contribution in [0.5, 0.6) is 0 Å². The highest BCUT2D eigenvalue weighted by molar-refractivity contribution is 7.91. The van der Waals surface area contributed by atoms with E-state index in [1.54, 1.807) is 17.0 Å². The summed E-state index contributed by atoms with van der Waals surface area (Å²) in [6.07, 6.45) is 0.823. The topological polar surface area (TPSA) is 54.5 Å². The van der Waals surface area contributed by atoms with E-state index in [0.29, 0.717) is 18.0 Å². The van der Waals surface area contributed by atoms with Gasteiger partial charge in [0.05, 0.1) is 17.9 Å². The van der Waals surface area contributed by atoms with E-state index in [9.17, 15) is 13.2 Å². The third-order valence-corrected chi connectivity index (χ3v) is 5.58. The highest BCUT2D eigenvalue weighted by Crippen LogP contribution is 2.19. The molecule has 1 aliphatic heterocycles. The molecule has 1 aromatic rings. The first-order chi connectivity index (χ1) is 9.41. The summed E-state index contributed by atoms with van der Waals surface area (Å²) < 4.78 is 23.1. The maximum atomic E-state index is 12.3. The van der Waals surface area contributed by atoms with Gasteiger partial charge in [0, 0.05) is 17.6 Å². The molecular weight excluding hydrogens is 298 g/mol. The summed E-state index contributed by atoms with van der Waals surface area (Å²) in [5.74, 6) is 0.243. The van der Waals surface area contributed by atoms with E-state index in [1.807, 2.05) is 19.1 Å². The second-order valence-corrected chi connectivity index (χ2v) is 7.71. The van der Waals surface area contributed by atoms with Crippen LogP contribution in [0.1, 0.15) is 18.9 Å². The van der Waals surface area contributed by atoms with Crippen LogP contribution in [-0.2, 0) is 21.1 Å². The lowest BCUT2D eigenvalue weighted by Crippen LogP contribution is -2.41. The smallest absolute Gasteiger partial charge is 0.227 e. The molecule has 0 spiro atoms. The van der Waals surface area contributed by atoms with E-state index < -0.39 is 9.84 Å². The van der Waals surface area contributed by atoms with Crippen molar-refractivity contribution >= 4 is 27.3 Å². The Morgan fingerprint density at radius 2 is 2.00 bits per heavy atom. The highest BCUT2D eigenvalue weighted by Gasteiger charge is 2.33. The zero-order chi connectivity index (χ0) is 14.8. The van der Waals surface area contributed by atoms with Crippen molar-refractivity contribution in [1.82, 2.24) is 4.90 Å². The number of sulfone groups is 1. The van der Waals surface area contributed by atoms with Crippen LogP contribution in [0, 0.1) is 0 Å². The maximum Gasteiger partial charge on any atom is 0.227 e. The summed E-state index contributed by atoms with van der Waals surface area (Å²) in [6, 6.07) is 6.96. The van der Waals surface area contributed by atoms with Crippen molar-refractivity contribution < 1.29 is 13.2 Å². The van der Waals surface area contributed by atoms with Crippen LogP contribution in [0.15, 0.2) is 24.3 Å². The minimum absolute atomic E-state index is 0.0306. The Morgan fingerprint density at radius 3 is 2.50 bits per heavy atom. The number of amides is 1. The molecule has 1 heterocycles. The summed E-state index contributed by atoms with van der Waals surface area (Å²) in [4.78, 5) is 14.0. The number of hydrogen-bond donors (Lipinski definition) is 0. The number of hydrogen-bond acceptors (Lipinski definition) is 3. The molecule has 0 aromatic heterocycles. The van der Waals surface area contributed by atoms with Gasteiger partial charge in [-0.2, -0.15) is 0 Å². The first kappa shape index (κ1) is 15.3. The monoisotopic (exact) mass is 315 g/mol. The lowest BCUT2D eigenvalue weighted by Gasteiger charge is -2.27. The van der Waals surface area contributed by atoms with Gasteiger partial charge in [-0.3, -0.25) is 4.79 Å². The van der Waals surface area contributed by atoms with E-state index in [-0.39, 0.29) is 29.9 Å². The Bertz CT molecular complexity index is 583. The van der Waals surface area contributed by atoms with Gasteiger partial charge in [-0.15, -0.1) is 0 Å². The molecule has 4 nitrogen and oxygen atoms in total. The van der Waals surface area contributed by atoms with Crippen molar-refractivity contribution in [3.05, 3.63) is 34.9 Å². The summed E-state index contributed by atoms with van der Waals surface area (Å²) >= 11 is 5.81. The van der Waals surface area contributed by atoms with Crippen molar-refractivity contribution in [2.75, 3.05) is 18.1 Å². The first-order valence-corrected chi connectivity index (χ1v) is 8.85. The number of carbonyl (C=O) groups is 1. The fourth-order valence-corrected chi connectivity index (χ4v) is 4.39. The van der Waals surface area contributed by atoms with Gasteiger partial charge < -0.3 is 4.90 Å². The molecule has 1 aliphatic rings. The molecule has 0 N–H and O–H groups in total. The van der Waals surface area contributed by atoms with Gasteiger partial charge >= 0.3 is 0 Å². The third-order valence-electron chi connectivity index (χ3n) is 3.58. The van der Waals surface area contributed by atoms with Crippen molar-refractivity contribution in [2.45, 2.75) is 25.8 Å². The molecule has 0 aliphatic carbocycles. The molecule has 1 aromatic carbocycles. The van der Waals surface area contributed by atoms with Crippen molar-refractivity contribution in [3.63, 3.8) is 0 Å². The van der Waals surface area contributed by atoms with Gasteiger partial charge in [0.2, 0.25) is 5.91 Å². The van der Waals surface area contributed by atoms with E-state index in [0.717, 1.165) is 5.56 Å². The molecule has 1 fully saturated rings. The van der Waals surface area contributed by atoms with Crippen LogP contribution in [0.25, 0.3) is 0 Å². The molecule has 1 saturated heterocycles. The molecule has 6 heteroatoms. The highest BCUT2D eigenvalue weighted by atomic mass is 35.5. The lowest BCUT2D eigenvalue weighted by molar-refractivity contribution is -0.132. The standard InChI is InChI=1S/C14H18ClNO3S/c1-2-16(13-7-8-20(18,19)10-13)14(17)9-11-3-5-12(15)6-4-11/h3-6,13H,2,7-10H2,1H3. The number of rotatable bonds is 4. The molecule has 1 unspecified atom stereocenters. The normalized spacial score (nSPS) is 20.8. The third kappa shape index (κ3) is 3.73. The number of nitrogens with zero attached hydrogens (tertiary/aromatic N) is 1. The largest absolute Gasteiger partial charge is 0.339 e. The second kappa shape index (κ2) is 6.14. The summed E-state index contributed by atoms with van der Waals surface area (Å²) in [5.41, 5.74) is 0.888. The van der Waals surface area contributed by atoms with Gasteiger partial charge in [0.1, 0.15) is 0 Å². The summed E-state index contributed by atoms with van der Waals surface area (Å²) in [6.45, 7) is 2.41. The molecule has 0 saturated carbocycles. The Morgan fingerprint density at radius 1 is 1.35 bits per heavy atom. The van der Waals surface area contributed by atoms with E-state index in [1.165, 1.54) is 0 Å². The van der Waals surface area contributed by atoms with Crippen molar-refractivity contribution in [1.29, 1.82) is 0 Å². The van der Waals surface area contributed by atoms with Crippen LogP contribution in [0.4, 0.5) is 0 Å². The zero-order valence-electron chi connectivity index (χ0n) is 11.4. The molecule has 110 valence electrons. The van der Waals surface area contributed by atoms with Crippen LogP contribution < -0.4 is 0 Å². The van der Waals surface area contributed by atoms with Gasteiger partial charge in [0.15, 0.2) is 9.84 Å². The minimum Gasteiger partial charge on any atom is -0.339 e. The Hall–Kier alpha value is -1.07. The van der Waals surface area contributed by atoms with Crippen LogP contribution in [0.3, 0.4) is 0 Å². The van der Waals surface area contributed by atoms with Gasteiger partial charge in [-0.05, 0) is 31.0 Å². The Kier molecular flexibility index (Phi) is 4.70. The van der Waals surface area contributed by atoms with E-state index >= 15 is 0 Å². The van der Waals surface area contributed by atoms with Crippen molar-refractivity contribution in [2.24, 2.45) is 0 Å². The lowest BCUT2D eigenvalue weighted by atomic mass is 10.1. The molecule has 0 radical (unpaired) electrons. The molecule has 1 atom stereocenters. The fraction of sp³-hybridized carbons (Fsp3) is 0.500. The Balaban J connectivity index is 2.04. The zero-order valence-corrected chi connectivity index (χ0v) is 13.0. The number of carbonyl (C=O) groups excluding carboxylic acids is 1. The summed E-state index contributed by atoms with van der Waals surface area (Å²) in [5, 5.41) is 0.635. The van der Waals surface area contributed by atoms with Crippen LogP contribution >= 0.6 is 11.6 Å². The van der Waals surface area contributed by atoms with Crippen LogP contribution in [0.2, 0.25) is 5.02 Å². The SMILES string of the molecule is CCN(C(=O)Cc1ccc(Cl)cc1)C1CCS(=O)(=O)C1. The number of benzene rings is 1. The Labute approximate surface area is 124 Å². The average Bonchev–Trinajstić information content (AvgIpc) is 2.73.